The van der Waals surface area contributed by atoms with Gasteiger partial charge in [0, 0.05) is 26.5 Å². The minimum absolute atomic E-state index is 0.0694. The number of hydrogen-bond acceptors (Lipinski definition) is 8. The number of aliphatic hydroxyl groups excluding tert-OH is 1. The molecule has 0 bridgehead atoms. The van der Waals surface area contributed by atoms with Gasteiger partial charge in [-0.1, -0.05) is 0 Å². The summed E-state index contributed by atoms with van der Waals surface area (Å²) in [5.41, 5.74) is -1.42. The van der Waals surface area contributed by atoms with E-state index in [0.717, 1.165) is 23.9 Å². The van der Waals surface area contributed by atoms with Crippen molar-refractivity contribution in [3.63, 3.8) is 0 Å². The Kier molecular flexibility index (Phi) is 5.53. The third-order valence-electron chi connectivity index (χ3n) is 3.25. The van der Waals surface area contributed by atoms with Gasteiger partial charge in [0.25, 0.3) is 5.56 Å². The Morgan fingerprint density at radius 2 is 2.13 bits per heavy atom. The molecule has 0 aromatic carbocycles. The zero-order valence-corrected chi connectivity index (χ0v) is 13.2. The molecule has 1 aliphatic rings. The van der Waals surface area contributed by atoms with Crippen molar-refractivity contribution in [1.82, 2.24) is 9.55 Å². The summed E-state index contributed by atoms with van der Waals surface area (Å²) in [4.78, 5) is 34.3. The molecule has 1 aromatic rings. The van der Waals surface area contributed by atoms with Gasteiger partial charge in [-0.3, -0.25) is 23.4 Å². The van der Waals surface area contributed by atoms with Crippen LogP contribution in [0.5, 0.6) is 0 Å². The highest BCUT2D eigenvalue weighted by Crippen LogP contribution is 2.47. The van der Waals surface area contributed by atoms with Crippen molar-refractivity contribution >= 4 is 7.82 Å². The van der Waals surface area contributed by atoms with Gasteiger partial charge in [0.05, 0.1) is 6.61 Å². The van der Waals surface area contributed by atoms with Crippen molar-refractivity contribution in [2.24, 2.45) is 0 Å². The molecule has 0 amide bonds. The fourth-order valence-corrected chi connectivity index (χ4v) is 2.86. The van der Waals surface area contributed by atoms with Crippen LogP contribution in [0.1, 0.15) is 6.23 Å². The van der Waals surface area contributed by atoms with Crippen LogP contribution in [0.2, 0.25) is 0 Å². The predicted octanol–water partition coefficient (Wildman–Crippen LogP) is -1.43. The van der Waals surface area contributed by atoms with Crippen molar-refractivity contribution in [3.8, 4) is 0 Å². The molecule has 11 nitrogen and oxygen atoms in total. The molecule has 1 aliphatic heterocycles. The molecule has 0 radical (unpaired) electrons. The summed E-state index contributed by atoms with van der Waals surface area (Å²) in [6.45, 7) is -0.0694. The van der Waals surface area contributed by atoms with Crippen molar-refractivity contribution in [3.05, 3.63) is 33.1 Å². The first-order valence-corrected chi connectivity index (χ1v) is 7.99. The molecular formula is C11H17N2O9P. The third-order valence-corrected chi connectivity index (χ3v) is 4.22. The number of hydrogen-bond donors (Lipinski definition) is 3. The van der Waals surface area contributed by atoms with Gasteiger partial charge in [-0.25, -0.2) is 9.36 Å². The maximum absolute atomic E-state index is 11.8. The molecule has 23 heavy (non-hydrogen) atoms. The second kappa shape index (κ2) is 7.05. The van der Waals surface area contributed by atoms with Gasteiger partial charge in [-0.15, -0.1) is 0 Å². The van der Waals surface area contributed by atoms with Crippen LogP contribution in [-0.2, 0) is 23.1 Å². The minimum Gasteiger partial charge on any atom is -0.386 e. The Morgan fingerprint density at radius 1 is 1.43 bits per heavy atom. The number of aliphatic hydroxyl groups is 1. The Labute approximate surface area is 130 Å². The zero-order valence-electron chi connectivity index (χ0n) is 12.3. The first-order valence-electron chi connectivity index (χ1n) is 6.50. The molecule has 0 spiro atoms. The van der Waals surface area contributed by atoms with Crippen molar-refractivity contribution < 1.29 is 33.1 Å². The summed E-state index contributed by atoms with van der Waals surface area (Å²) in [6, 6.07) is 1.07. The van der Waals surface area contributed by atoms with Crippen LogP contribution in [0, 0.1) is 0 Å². The van der Waals surface area contributed by atoms with Gasteiger partial charge in [0.15, 0.2) is 6.23 Å². The predicted molar refractivity (Wildman–Crippen MR) is 74.8 cm³/mol. The van der Waals surface area contributed by atoms with Gasteiger partial charge in [0.1, 0.15) is 18.3 Å². The monoisotopic (exact) mass is 352 g/mol. The summed E-state index contributed by atoms with van der Waals surface area (Å²) in [5, 5.41) is 10.3. The molecule has 3 N–H and O–H groups in total. The highest BCUT2D eigenvalue weighted by molar-refractivity contribution is 7.47. The fourth-order valence-electron chi connectivity index (χ4n) is 2.20. The Morgan fingerprint density at radius 3 is 2.70 bits per heavy atom. The molecule has 2 rings (SSSR count). The highest BCUT2D eigenvalue weighted by atomic mass is 31.2. The van der Waals surface area contributed by atoms with Crippen LogP contribution < -0.4 is 11.2 Å². The summed E-state index contributed by atoms with van der Waals surface area (Å²) in [7, 11) is -2.07. The minimum atomic E-state index is -4.40. The van der Waals surface area contributed by atoms with Crippen LogP contribution in [-0.4, -0.2) is 58.7 Å². The van der Waals surface area contributed by atoms with Gasteiger partial charge in [-0.05, 0) is 0 Å². The summed E-state index contributed by atoms with van der Waals surface area (Å²) in [6.07, 6.45) is -3.80. The van der Waals surface area contributed by atoms with Gasteiger partial charge in [-0.2, -0.15) is 0 Å². The van der Waals surface area contributed by atoms with E-state index in [0.29, 0.717) is 0 Å². The number of aromatic amines is 1. The highest BCUT2D eigenvalue weighted by Gasteiger charge is 2.48. The molecule has 1 aromatic heterocycles. The number of phosphoric acid groups is 1. The van der Waals surface area contributed by atoms with Crippen LogP contribution in [0.4, 0.5) is 0 Å². The van der Waals surface area contributed by atoms with Crippen LogP contribution in [0.15, 0.2) is 21.9 Å². The van der Waals surface area contributed by atoms with E-state index in [1.165, 1.54) is 7.11 Å². The molecule has 130 valence electrons. The van der Waals surface area contributed by atoms with E-state index in [1.807, 2.05) is 4.98 Å². The van der Waals surface area contributed by atoms with Crippen molar-refractivity contribution in [2.45, 2.75) is 24.5 Å². The molecule has 0 saturated carbocycles. The lowest BCUT2D eigenvalue weighted by atomic mass is 10.1. The molecule has 12 heteroatoms. The average Bonchev–Trinajstić information content (AvgIpc) is 2.77. The topological polar surface area (TPSA) is 149 Å². The number of nitrogens with zero attached hydrogens (tertiary/aromatic N) is 1. The number of H-pyrrole nitrogens is 1. The normalized spacial score (nSPS) is 30.3. The molecule has 1 fully saturated rings. The number of ether oxygens (including phenoxy) is 2. The number of phosphoric ester groups is 1. The maximum Gasteiger partial charge on any atom is 0.472 e. The summed E-state index contributed by atoms with van der Waals surface area (Å²) < 4.78 is 32.1. The van der Waals surface area contributed by atoms with E-state index in [-0.39, 0.29) is 6.61 Å². The molecule has 2 heterocycles. The van der Waals surface area contributed by atoms with E-state index in [9.17, 15) is 24.2 Å². The number of aromatic nitrogens is 2. The standard InChI is InChI=1S/C11H17N2O9P/c1-19-5-6-9(22-23(17,18)20-2)8(15)10(21-6)13-4-3-7(14)12-11(13)16/h3-4,6,8-10,15H,5H2,1-2H3,(H,17,18)(H,12,14,16)/t6-,8?,9?,10-/m1/s1. The molecule has 5 atom stereocenters. The lowest BCUT2D eigenvalue weighted by Gasteiger charge is -2.21. The van der Waals surface area contributed by atoms with E-state index in [1.54, 1.807) is 0 Å². The smallest absolute Gasteiger partial charge is 0.386 e. The fraction of sp³-hybridized carbons (Fsp3) is 0.636. The van der Waals surface area contributed by atoms with E-state index in [4.69, 9.17) is 14.0 Å². The molecule has 3 unspecified atom stereocenters. The largest absolute Gasteiger partial charge is 0.472 e. The van der Waals surface area contributed by atoms with E-state index >= 15 is 0 Å². The zero-order chi connectivity index (χ0) is 17.2. The summed E-state index contributed by atoms with van der Waals surface area (Å²) >= 11 is 0. The van der Waals surface area contributed by atoms with E-state index < -0.39 is 43.6 Å². The molecule has 1 saturated heterocycles. The van der Waals surface area contributed by atoms with E-state index in [2.05, 4.69) is 4.52 Å². The third kappa shape index (κ3) is 3.96. The lowest BCUT2D eigenvalue weighted by Crippen LogP contribution is -2.38. The molecular weight excluding hydrogens is 335 g/mol. The SMILES string of the molecule is COC[C@H]1O[C@@H](n2ccc(=O)[nH]c2=O)C(O)C1OP(=O)(O)OC. The number of methoxy groups -OCH3 is 1. The first-order chi connectivity index (χ1) is 10.8. The number of nitrogens with one attached hydrogen (secondary N) is 1. The van der Waals surface area contributed by atoms with Gasteiger partial charge < -0.3 is 19.5 Å². The second-order valence-electron chi connectivity index (χ2n) is 4.75. The second-order valence-corrected chi connectivity index (χ2v) is 6.26. The summed E-state index contributed by atoms with van der Waals surface area (Å²) in [5.74, 6) is 0. The molecule has 0 aliphatic carbocycles. The average molecular weight is 352 g/mol. The number of rotatable bonds is 6. The Bertz CT molecular complexity index is 701. The van der Waals surface area contributed by atoms with Gasteiger partial charge >= 0.3 is 13.5 Å². The van der Waals surface area contributed by atoms with Crippen molar-refractivity contribution in [1.29, 1.82) is 0 Å². The maximum atomic E-state index is 11.8. The van der Waals surface area contributed by atoms with Gasteiger partial charge in [0.2, 0.25) is 0 Å². The lowest BCUT2D eigenvalue weighted by molar-refractivity contribution is -0.0613. The quantitative estimate of drug-likeness (QED) is 0.524. The van der Waals surface area contributed by atoms with Crippen LogP contribution >= 0.6 is 7.82 Å². The Balaban J connectivity index is 2.32. The first kappa shape index (κ1) is 18.0. The van der Waals surface area contributed by atoms with Crippen LogP contribution in [0.3, 0.4) is 0 Å². The van der Waals surface area contributed by atoms with Crippen LogP contribution in [0.25, 0.3) is 0 Å². The Hall–Kier alpha value is -1.33. The van der Waals surface area contributed by atoms with Crippen molar-refractivity contribution in [2.75, 3.05) is 20.8 Å².